The lowest BCUT2D eigenvalue weighted by atomic mass is 10.00. The highest BCUT2D eigenvalue weighted by molar-refractivity contribution is 7.47. The Morgan fingerprint density at radius 1 is 0.333 bits per heavy atom. The van der Waals surface area contributed by atoms with E-state index in [9.17, 15) is 43.2 Å². The summed E-state index contributed by atoms with van der Waals surface area (Å²) in [5, 5.41) is 10.6. The minimum atomic E-state index is -4.97. The van der Waals surface area contributed by atoms with Gasteiger partial charge in [0, 0.05) is 25.7 Å². The Morgan fingerprint density at radius 3 is 0.885 bits per heavy atom. The minimum absolute atomic E-state index is 0.102. The molecule has 17 nitrogen and oxygen atoms in total. The topological polar surface area (TPSA) is 237 Å². The molecule has 0 rings (SSSR count). The van der Waals surface area contributed by atoms with E-state index < -0.39 is 97.5 Å². The molecule has 0 aromatic carbocycles. The number of phosphoric acid groups is 2. The van der Waals surface area contributed by atoms with Gasteiger partial charge in [0.15, 0.2) is 12.2 Å². The second-order valence-electron chi connectivity index (χ2n) is 27.3. The summed E-state index contributed by atoms with van der Waals surface area (Å²) in [6.45, 7) is 7.19. The van der Waals surface area contributed by atoms with Gasteiger partial charge in [-0.15, -0.1) is 0 Å². The van der Waals surface area contributed by atoms with Crippen molar-refractivity contribution >= 4 is 39.5 Å². The first-order chi connectivity index (χ1) is 46.6. The van der Waals surface area contributed by atoms with Gasteiger partial charge in [0.1, 0.15) is 19.3 Å². The molecule has 3 N–H and O–H groups in total. The van der Waals surface area contributed by atoms with Crippen molar-refractivity contribution in [3.05, 3.63) is 24.3 Å². The lowest BCUT2D eigenvalue weighted by molar-refractivity contribution is -0.161. The SMILES string of the molecule is CCCCCC/C=C\C=C/CCCCCCCC(=O)OC[C@H](COP(=O)(O)OC[C@@H](O)COP(=O)(O)OC[C@@H](COC(=O)CCCCCCCCC(C)CC)OC(=O)CCCCCCCCCCCCCC)OC(=O)CCCCCCCCCCCCCCCCCCCCC. The van der Waals surface area contributed by atoms with Gasteiger partial charge >= 0.3 is 39.5 Å². The third-order valence-corrected chi connectivity index (χ3v) is 19.7. The average Bonchev–Trinajstić information content (AvgIpc) is 1.53. The number of aliphatic hydroxyl groups excluding tert-OH is 1. The Hall–Kier alpha value is -2.46. The summed E-state index contributed by atoms with van der Waals surface area (Å²) in [6, 6.07) is 0. The van der Waals surface area contributed by atoms with Crippen LogP contribution >= 0.6 is 15.6 Å². The summed E-state index contributed by atoms with van der Waals surface area (Å²) in [6.07, 6.45) is 61.9. The zero-order chi connectivity index (χ0) is 70.5. The number of esters is 4. The molecule has 0 aromatic heterocycles. The summed E-state index contributed by atoms with van der Waals surface area (Å²) in [5.41, 5.74) is 0. The van der Waals surface area contributed by atoms with Crippen LogP contribution < -0.4 is 0 Å². The molecule has 0 amide bonds. The molecule has 19 heteroatoms. The Morgan fingerprint density at radius 2 is 0.583 bits per heavy atom. The standard InChI is InChI=1S/C77H146O17P2/c1-6-10-13-16-19-22-25-28-30-31-32-33-35-37-40-43-46-53-58-63-77(82)93-72(66-87-74(79)60-55-50-44-41-39-36-34-29-26-23-20-17-14-11-7-2)68-91-95(83,84)89-64-71(78)65-90-96(85,86)92-69-73(67-88-75(80)61-56-51-48-47-49-54-59-70(5)9-4)94-76(81)62-57-52-45-42-38-27-24-21-18-15-12-8-3/h23,26,29,34,70-73,78H,6-22,24-25,27-28,30-33,35-69H2,1-5H3,(H,83,84)(H,85,86)/b26-23-,34-29-/t70?,71-,72-,73-/m1/s1. The molecule has 0 radical (unpaired) electrons. The van der Waals surface area contributed by atoms with E-state index in [-0.39, 0.29) is 25.7 Å². The molecule has 0 aliphatic heterocycles. The van der Waals surface area contributed by atoms with Crippen LogP contribution in [0.3, 0.4) is 0 Å². The van der Waals surface area contributed by atoms with E-state index in [1.54, 1.807) is 0 Å². The van der Waals surface area contributed by atoms with Crippen LogP contribution in [0.2, 0.25) is 0 Å². The van der Waals surface area contributed by atoms with E-state index in [1.807, 2.05) is 0 Å². The maximum absolute atomic E-state index is 13.1. The van der Waals surface area contributed by atoms with Gasteiger partial charge in [-0.2, -0.15) is 0 Å². The van der Waals surface area contributed by atoms with Gasteiger partial charge in [0.25, 0.3) is 0 Å². The molecule has 96 heavy (non-hydrogen) atoms. The van der Waals surface area contributed by atoms with Crippen molar-refractivity contribution in [2.24, 2.45) is 5.92 Å². The van der Waals surface area contributed by atoms with Crippen molar-refractivity contribution in [1.29, 1.82) is 0 Å². The summed E-state index contributed by atoms with van der Waals surface area (Å²) in [5.74, 6) is -1.41. The van der Waals surface area contributed by atoms with Gasteiger partial charge in [0.05, 0.1) is 26.4 Å². The van der Waals surface area contributed by atoms with E-state index >= 15 is 0 Å². The molecule has 0 fully saturated rings. The number of hydrogen-bond donors (Lipinski definition) is 3. The van der Waals surface area contributed by atoms with Gasteiger partial charge in [-0.1, -0.05) is 329 Å². The van der Waals surface area contributed by atoms with E-state index in [2.05, 4.69) is 58.9 Å². The molecule has 0 bridgehead atoms. The van der Waals surface area contributed by atoms with E-state index in [0.717, 1.165) is 121 Å². The van der Waals surface area contributed by atoms with Crippen LogP contribution in [0.1, 0.15) is 381 Å². The molecule has 0 saturated carbocycles. The van der Waals surface area contributed by atoms with Crippen LogP contribution in [0.5, 0.6) is 0 Å². The molecule has 0 spiro atoms. The number of ether oxygens (including phenoxy) is 4. The number of hydrogen-bond acceptors (Lipinski definition) is 15. The molecule has 0 heterocycles. The van der Waals surface area contributed by atoms with Crippen LogP contribution in [0.25, 0.3) is 0 Å². The normalized spacial score (nSPS) is 14.4. The lowest BCUT2D eigenvalue weighted by Crippen LogP contribution is -2.30. The van der Waals surface area contributed by atoms with Gasteiger partial charge in [-0.25, -0.2) is 9.13 Å². The van der Waals surface area contributed by atoms with Gasteiger partial charge in [-0.3, -0.25) is 37.3 Å². The molecule has 6 atom stereocenters. The Balaban J connectivity index is 5.27. The summed E-state index contributed by atoms with van der Waals surface area (Å²) in [7, 11) is -9.92. The number of allylic oxidation sites excluding steroid dienone is 4. The first-order valence-corrected chi connectivity index (χ1v) is 42.5. The van der Waals surface area contributed by atoms with Crippen molar-refractivity contribution in [2.75, 3.05) is 39.6 Å². The number of aliphatic hydroxyl groups is 1. The van der Waals surface area contributed by atoms with Crippen LogP contribution in [0.4, 0.5) is 0 Å². The van der Waals surface area contributed by atoms with Crippen molar-refractivity contribution in [3.63, 3.8) is 0 Å². The predicted molar refractivity (Wildman–Crippen MR) is 391 cm³/mol. The highest BCUT2D eigenvalue weighted by Gasteiger charge is 2.30. The van der Waals surface area contributed by atoms with E-state index in [1.165, 1.54) is 180 Å². The molecule has 0 saturated heterocycles. The van der Waals surface area contributed by atoms with Crippen molar-refractivity contribution in [1.82, 2.24) is 0 Å². The molecule has 0 aromatic rings. The second kappa shape index (κ2) is 69.6. The third kappa shape index (κ3) is 68.7. The fraction of sp³-hybridized carbons (Fsp3) is 0.896. The monoisotopic (exact) mass is 1410 g/mol. The fourth-order valence-corrected chi connectivity index (χ4v) is 12.9. The minimum Gasteiger partial charge on any atom is -0.462 e. The van der Waals surface area contributed by atoms with Gasteiger partial charge in [0.2, 0.25) is 0 Å². The zero-order valence-electron chi connectivity index (χ0n) is 62.0. The summed E-state index contributed by atoms with van der Waals surface area (Å²) in [4.78, 5) is 72.8. The number of unbranched alkanes of at least 4 members (excludes halogenated alkanes) is 43. The molecule has 566 valence electrons. The lowest BCUT2D eigenvalue weighted by Gasteiger charge is -2.21. The van der Waals surface area contributed by atoms with Crippen LogP contribution in [0, 0.1) is 5.92 Å². The molecule has 0 aliphatic rings. The molecule has 0 aliphatic carbocycles. The third-order valence-electron chi connectivity index (χ3n) is 17.8. The Bertz CT molecular complexity index is 1940. The highest BCUT2D eigenvalue weighted by Crippen LogP contribution is 2.45. The quantitative estimate of drug-likeness (QED) is 0.0169. The Labute approximate surface area is 586 Å². The second-order valence-corrected chi connectivity index (χ2v) is 30.2. The maximum Gasteiger partial charge on any atom is 0.472 e. The van der Waals surface area contributed by atoms with Crippen molar-refractivity contribution in [3.8, 4) is 0 Å². The smallest absolute Gasteiger partial charge is 0.462 e. The fourth-order valence-electron chi connectivity index (χ4n) is 11.3. The zero-order valence-corrected chi connectivity index (χ0v) is 63.8. The molecule has 3 unspecified atom stereocenters. The van der Waals surface area contributed by atoms with Gasteiger partial charge < -0.3 is 33.8 Å². The van der Waals surface area contributed by atoms with E-state index in [4.69, 9.17) is 37.0 Å². The highest BCUT2D eigenvalue weighted by atomic mass is 31.2. The first kappa shape index (κ1) is 93.5. The predicted octanol–water partition coefficient (Wildman–Crippen LogP) is 22.4. The summed E-state index contributed by atoms with van der Waals surface area (Å²) >= 11 is 0. The largest absolute Gasteiger partial charge is 0.472 e. The number of rotatable bonds is 75. The summed E-state index contributed by atoms with van der Waals surface area (Å²) < 4.78 is 68.5. The average molecular weight is 1410 g/mol. The van der Waals surface area contributed by atoms with Crippen LogP contribution in [-0.2, 0) is 65.4 Å². The van der Waals surface area contributed by atoms with E-state index in [0.29, 0.717) is 25.7 Å². The molecular weight excluding hydrogens is 1260 g/mol. The number of phosphoric ester groups is 2. The van der Waals surface area contributed by atoms with Crippen molar-refractivity contribution < 1.29 is 80.2 Å². The maximum atomic E-state index is 13.1. The van der Waals surface area contributed by atoms with Gasteiger partial charge in [-0.05, 0) is 57.3 Å². The van der Waals surface area contributed by atoms with Crippen LogP contribution in [-0.4, -0.2) is 96.7 Å². The number of carbonyl (C=O) groups is 4. The first-order valence-electron chi connectivity index (χ1n) is 39.5. The molecular formula is C77H146O17P2. The Kier molecular flexibility index (Phi) is 67.8. The number of carbonyl (C=O) groups excluding carboxylic acids is 4. The van der Waals surface area contributed by atoms with Crippen molar-refractivity contribution in [2.45, 2.75) is 400 Å². The van der Waals surface area contributed by atoms with Crippen LogP contribution in [0.15, 0.2) is 24.3 Å².